The van der Waals surface area contributed by atoms with Gasteiger partial charge >= 0.3 is 0 Å². The van der Waals surface area contributed by atoms with E-state index in [2.05, 4.69) is 20.3 Å². The molecule has 1 fully saturated rings. The number of hydrogen-bond donors (Lipinski definition) is 1. The second kappa shape index (κ2) is 6.68. The SMILES string of the molecule is O=S1(=O)CCC(C2=NC3C(c4cnc5ccc(F)cc5c4)C=NN3c3[nH]ncc32)CC1. The molecule has 0 aliphatic carbocycles. The number of hydrogen-bond acceptors (Lipinski definition) is 7. The number of nitrogens with zero attached hydrogens (tertiary/aromatic N) is 5. The summed E-state index contributed by atoms with van der Waals surface area (Å²) in [6, 6.07) is 6.46. The standard InChI is InChI=1S/C21H19FN6O2S/c22-15-1-2-18-13(8-15)7-14(9-23-18)16-11-25-28-20(16)26-19(17-10-24-27-21(17)28)12-3-5-31(29,30)6-4-12/h1-2,7-12,16,20H,3-6H2,(H,24,27). The highest BCUT2D eigenvalue weighted by atomic mass is 32.2. The maximum absolute atomic E-state index is 13.7. The molecular weight excluding hydrogens is 419 g/mol. The molecule has 10 heteroatoms. The predicted molar refractivity (Wildman–Crippen MR) is 116 cm³/mol. The Labute approximate surface area is 177 Å². The predicted octanol–water partition coefficient (Wildman–Crippen LogP) is 2.64. The molecule has 0 amide bonds. The largest absolute Gasteiger partial charge is 0.261 e. The van der Waals surface area contributed by atoms with Crippen LogP contribution in [0.1, 0.15) is 29.9 Å². The number of sulfone groups is 1. The Kier molecular flexibility index (Phi) is 4.01. The van der Waals surface area contributed by atoms with Gasteiger partial charge < -0.3 is 0 Å². The Balaban J connectivity index is 1.39. The summed E-state index contributed by atoms with van der Waals surface area (Å²) in [7, 11) is -2.97. The molecule has 2 aromatic heterocycles. The van der Waals surface area contributed by atoms with Crippen molar-refractivity contribution in [3.63, 3.8) is 0 Å². The third-order valence-electron chi connectivity index (χ3n) is 6.31. The summed E-state index contributed by atoms with van der Waals surface area (Å²) < 4.78 is 37.5. The van der Waals surface area contributed by atoms with Crippen LogP contribution in [0.3, 0.4) is 0 Å². The van der Waals surface area contributed by atoms with Crippen LogP contribution < -0.4 is 5.01 Å². The fraction of sp³-hybridized carbons (Fsp3) is 0.333. The van der Waals surface area contributed by atoms with Crippen molar-refractivity contribution in [3.8, 4) is 0 Å². The van der Waals surface area contributed by atoms with Gasteiger partial charge in [0.1, 0.15) is 15.7 Å². The average Bonchev–Trinajstić information content (AvgIpc) is 3.39. The zero-order chi connectivity index (χ0) is 21.2. The van der Waals surface area contributed by atoms with Gasteiger partial charge in [-0.1, -0.05) is 0 Å². The Hall–Kier alpha value is -3.14. The van der Waals surface area contributed by atoms with Crippen molar-refractivity contribution >= 4 is 38.5 Å². The summed E-state index contributed by atoms with van der Waals surface area (Å²) in [5.74, 6) is 0.713. The van der Waals surface area contributed by atoms with E-state index in [0.717, 1.165) is 33.6 Å². The minimum absolute atomic E-state index is 0.0621. The molecule has 0 bridgehead atoms. The number of aromatic amines is 1. The first kappa shape index (κ1) is 18.6. The minimum atomic E-state index is -2.97. The molecule has 1 N–H and O–H groups in total. The third kappa shape index (κ3) is 3.04. The smallest absolute Gasteiger partial charge is 0.156 e. The van der Waals surface area contributed by atoms with E-state index < -0.39 is 9.84 Å². The van der Waals surface area contributed by atoms with Gasteiger partial charge in [0, 0.05) is 23.7 Å². The van der Waals surface area contributed by atoms with Crippen molar-refractivity contribution in [1.29, 1.82) is 0 Å². The Morgan fingerprint density at radius 3 is 2.81 bits per heavy atom. The van der Waals surface area contributed by atoms with Gasteiger partial charge in [-0.2, -0.15) is 10.2 Å². The van der Waals surface area contributed by atoms with Crippen molar-refractivity contribution < 1.29 is 12.8 Å². The van der Waals surface area contributed by atoms with Crippen molar-refractivity contribution in [2.24, 2.45) is 16.0 Å². The van der Waals surface area contributed by atoms with Gasteiger partial charge in [-0.3, -0.25) is 15.1 Å². The van der Waals surface area contributed by atoms with E-state index in [1.165, 1.54) is 12.1 Å². The van der Waals surface area contributed by atoms with Gasteiger partial charge in [0.05, 0.1) is 40.4 Å². The van der Waals surface area contributed by atoms with E-state index in [0.29, 0.717) is 12.8 Å². The lowest BCUT2D eigenvalue weighted by atomic mass is 9.90. The Morgan fingerprint density at radius 2 is 1.97 bits per heavy atom. The Bertz CT molecular complexity index is 1350. The minimum Gasteiger partial charge on any atom is -0.261 e. The number of aromatic nitrogens is 3. The number of fused-ring (bicyclic) bond motifs is 4. The van der Waals surface area contributed by atoms with Crippen LogP contribution in [0.15, 0.2) is 46.8 Å². The number of halogens is 1. The lowest BCUT2D eigenvalue weighted by Crippen LogP contribution is -2.38. The fourth-order valence-corrected chi connectivity index (χ4v) is 6.16. The van der Waals surface area contributed by atoms with Crippen LogP contribution >= 0.6 is 0 Å². The van der Waals surface area contributed by atoms with Crippen LogP contribution in [0.5, 0.6) is 0 Å². The van der Waals surface area contributed by atoms with Crippen molar-refractivity contribution in [3.05, 3.63) is 53.6 Å². The van der Waals surface area contributed by atoms with Crippen LogP contribution in [0.4, 0.5) is 10.2 Å². The lowest BCUT2D eigenvalue weighted by molar-refractivity contribution is 0.542. The summed E-state index contributed by atoms with van der Waals surface area (Å²) in [5, 5.41) is 14.3. The molecular formula is C21H19FN6O2S. The molecule has 158 valence electrons. The van der Waals surface area contributed by atoms with Crippen LogP contribution in [0.2, 0.25) is 0 Å². The van der Waals surface area contributed by atoms with Crippen LogP contribution in [0, 0.1) is 11.7 Å². The molecule has 1 aromatic carbocycles. The molecule has 0 spiro atoms. The van der Waals surface area contributed by atoms with Gasteiger partial charge in [-0.25, -0.2) is 17.8 Å². The zero-order valence-corrected chi connectivity index (χ0v) is 17.3. The van der Waals surface area contributed by atoms with Crippen LogP contribution in [-0.2, 0) is 9.84 Å². The second-order valence-electron chi connectivity index (χ2n) is 8.23. The number of H-pyrrole nitrogens is 1. The third-order valence-corrected chi connectivity index (χ3v) is 8.03. The van der Waals surface area contributed by atoms with Gasteiger partial charge in [0.15, 0.2) is 12.0 Å². The molecule has 8 nitrogen and oxygen atoms in total. The van der Waals surface area contributed by atoms with Gasteiger partial charge in [0.25, 0.3) is 0 Å². The lowest BCUT2D eigenvalue weighted by Gasteiger charge is -2.32. The number of anilines is 1. The second-order valence-corrected chi connectivity index (χ2v) is 10.5. The van der Waals surface area contributed by atoms with Crippen LogP contribution in [0.25, 0.3) is 10.9 Å². The number of pyridine rings is 1. The van der Waals surface area contributed by atoms with Crippen LogP contribution in [-0.4, -0.2) is 53.2 Å². The van der Waals surface area contributed by atoms with Crippen molar-refractivity contribution in [2.45, 2.75) is 24.9 Å². The highest BCUT2D eigenvalue weighted by Gasteiger charge is 2.41. The van der Waals surface area contributed by atoms with Crippen molar-refractivity contribution in [2.75, 3.05) is 16.5 Å². The quantitative estimate of drug-likeness (QED) is 0.663. The molecule has 3 aliphatic rings. The van der Waals surface area contributed by atoms with E-state index in [4.69, 9.17) is 4.99 Å². The number of rotatable bonds is 2. The normalized spacial score (nSPS) is 24.8. The number of aliphatic imine (C=N–C) groups is 1. The highest BCUT2D eigenvalue weighted by molar-refractivity contribution is 7.91. The summed E-state index contributed by atoms with van der Waals surface area (Å²) in [6.45, 7) is 0. The first-order valence-electron chi connectivity index (χ1n) is 10.2. The molecule has 3 aromatic rings. The molecule has 2 unspecified atom stereocenters. The maximum atomic E-state index is 13.7. The molecule has 6 rings (SSSR count). The average molecular weight is 438 g/mol. The van der Waals surface area contributed by atoms with Gasteiger partial charge in [-0.15, -0.1) is 0 Å². The molecule has 2 atom stereocenters. The fourth-order valence-electron chi connectivity index (χ4n) is 4.67. The zero-order valence-electron chi connectivity index (χ0n) is 16.4. The first-order chi connectivity index (χ1) is 15.0. The van der Waals surface area contributed by atoms with Crippen molar-refractivity contribution in [1.82, 2.24) is 15.2 Å². The number of benzene rings is 1. The maximum Gasteiger partial charge on any atom is 0.156 e. The molecule has 3 aliphatic heterocycles. The molecule has 31 heavy (non-hydrogen) atoms. The van der Waals surface area contributed by atoms with E-state index in [1.807, 2.05) is 17.3 Å². The van der Waals surface area contributed by atoms with E-state index in [9.17, 15) is 12.8 Å². The summed E-state index contributed by atoms with van der Waals surface area (Å²) in [4.78, 5) is 9.53. The van der Waals surface area contributed by atoms with Gasteiger partial charge in [-0.05, 0) is 42.7 Å². The number of nitrogens with one attached hydrogen (secondary N) is 1. The molecule has 5 heterocycles. The van der Waals surface area contributed by atoms with E-state index in [-0.39, 0.29) is 35.3 Å². The molecule has 0 radical (unpaired) electrons. The number of hydrazone groups is 1. The summed E-state index contributed by atoms with van der Waals surface area (Å²) in [5.41, 5.74) is 3.38. The monoisotopic (exact) mass is 438 g/mol. The van der Waals surface area contributed by atoms with Gasteiger partial charge in [0.2, 0.25) is 0 Å². The van der Waals surface area contributed by atoms with E-state index >= 15 is 0 Å². The summed E-state index contributed by atoms with van der Waals surface area (Å²) >= 11 is 0. The topological polar surface area (TPSA) is 104 Å². The molecule has 0 saturated carbocycles. The molecule has 1 saturated heterocycles. The summed E-state index contributed by atoms with van der Waals surface area (Å²) in [6.07, 6.45) is 6.13. The first-order valence-corrected chi connectivity index (χ1v) is 12.0. The Morgan fingerprint density at radius 1 is 1.13 bits per heavy atom. The highest BCUT2D eigenvalue weighted by Crippen LogP contribution is 2.39. The van der Waals surface area contributed by atoms with E-state index in [1.54, 1.807) is 18.5 Å².